The van der Waals surface area contributed by atoms with E-state index < -0.39 is 5.79 Å². The number of ether oxygens (including phenoxy) is 5. The van der Waals surface area contributed by atoms with Gasteiger partial charge in [-0.15, -0.1) is 0 Å². The lowest BCUT2D eigenvalue weighted by atomic mass is 10.0. The number of ketones is 1. The van der Waals surface area contributed by atoms with Crippen LogP contribution in [0.1, 0.15) is 29.8 Å². The Hall–Kier alpha value is -2.41. The molecule has 0 N–H and O–H groups in total. The topological polar surface area (TPSA) is 66.5 Å². The molecule has 2 heterocycles. The second-order valence-corrected chi connectivity index (χ2v) is 7.41. The molecule has 0 aliphatic carbocycles. The Morgan fingerprint density at radius 3 is 1.82 bits per heavy atom. The molecule has 6 heteroatoms. The first-order valence-electron chi connectivity index (χ1n) is 9.42. The minimum Gasteiger partial charge on any atom is -0.491 e. The molecule has 2 saturated heterocycles. The summed E-state index contributed by atoms with van der Waals surface area (Å²) in [5.41, 5.74) is 1.22. The maximum absolute atomic E-state index is 12.6. The number of benzene rings is 2. The standard InChI is InChI=1S/C22H24O6/c1-22(2)27-14-20(28-22)13-25-18-9-5-16(6-10-18)21(23)15-3-7-17(8-4-15)24-11-19-12-26-19/h3-10,19-20H,11-14H2,1-2H3/t19-,20-/m1/s1. The molecule has 0 aromatic heterocycles. The third kappa shape index (κ3) is 4.90. The molecular weight excluding hydrogens is 360 g/mol. The Labute approximate surface area is 164 Å². The highest BCUT2D eigenvalue weighted by Crippen LogP contribution is 2.24. The van der Waals surface area contributed by atoms with E-state index in [1.165, 1.54) is 0 Å². The maximum atomic E-state index is 12.6. The highest BCUT2D eigenvalue weighted by molar-refractivity contribution is 6.09. The zero-order valence-electron chi connectivity index (χ0n) is 16.1. The van der Waals surface area contributed by atoms with Crippen molar-refractivity contribution in [1.82, 2.24) is 0 Å². The molecule has 4 rings (SSSR count). The van der Waals surface area contributed by atoms with Gasteiger partial charge in [-0.25, -0.2) is 0 Å². The van der Waals surface area contributed by atoms with Gasteiger partial charge < -0.3 is 23.7 Å². The summed E-state index contributed by atoms with van der Waals surface area (Å²) < 4.78 is 27.7. The van der Waals surface area contributed by atoms with Crippen molar-refractivity contribution in [3.8, 4) is 11.5 Å². The summed E-state index contributed by atoms with van der Waals surface area (Å²) in [6, 6.07) is 14.3. The molecule has 2 fully saturated rings. The van der Waals surface area contributed by atoms with Crippen molar-refractivity contribution >= 4 is 5.78 Å². The Bertz CT molecular complexity index is 808. The average molecular weight is 384 g/mol. The minimum atomic E-state index is -0.559. The summed E-state index contributed by atoms with van der Waals surface area (Å²) in [6.07, 6.45) is 0.116. The molecule has 28 heavy (non-hydrogen) atoms. The monoisotopic (exact) mass is 384 g/mol. The molecule has 0 bridgehead atoms. The van der Waals surface area contributed by atoms with Gasteiger partial charge >= 0.3 is 0 Å². The molecule has 0 amide bonds. The van der Waals surface area contributed by atoms with Crippen molar-refractivity contribution in [2.24, 2.45) is 0 Å². The van der Waals surface area contributed by atoms with Gasteiger partial charge in [0.05, 0.1) is 13.2 Å². The minimum absolute atomic E-state index is 0.0436. The van der Waals surface area contributed by atoms with E-state index in [4.69, 9.17) is 23.7 Å². The first-order chi connectivity index (χ1) is 13.5. The number of rotatable bonds is 8. The van der Waals surface area contributed by atoms with Crippen LogP contribution in [0, 0.1) is 0 Å². The van der Waals surface area contributed by atoms with Crippen LogP contribution >= 0.6 is 0 Å². The Morgan fingerprint density at radius 1 is 0.893 bits per heavy atom. The molecule has 2 aliphatic heterocycles. The van der Waals surface area contributed by atoms with Gasteiger partial charge in [0, 0.05) is 11.1 Å². The van der Waals surface area contributed by atoms with Gasteiger partial charge in [-0.2, -0.15) is 0 Å². The van der Waals surface area contributed by atoms with Crippen molar-refractivity contribution in [3.63, 3.8) is 0 Å². The van der Waals surface area contributed by atoms with Gasteiger partial charge in [0.15, 0.2) is 11.6 Å². The van der Waals surface area contributed by atoms with E-state index in [2.05, 4.69) is 0 Å². The smallest absolute Gasteiger partial charge is 0.193 e. The first-order valence-corrected chi connectivity index (χ1v) is 9.42. The summed E-state index contributed by atoms with van der Waals surface area (Å²) in [4.78, 5) is 12.6. The summed E-state index contributed by atoms with van der Waals surface area (Å²) in [5, 5.41) is 0. The predicted octanol–water partition coefficient (Wildman–Crippen LogP) is 3.23. The summed E-state index contributed by atoms with van der Waals surface area (Å²) in [7, 11) is 0. The average Bonchev–Trinajstić information content (AvgIpc) is 3.47. The second kappa shape index (κ2) is 7.91. The highest BCUT2D eigenvalue weighted by Gasteiger charge is 2.33. The Balaban J connectivity index is 1.30. The summed E-state index contributed by atoms with van der Waals surface area (Å²) in [6.45, 7) is 5.99. The fourth-order valence-electron chi connectivity index (χ4n) is 2.96. The van der Waals surface area contributed by atoms with Crippen LogP contribution in [0.5, 0.6) is 11.5 Å². The van der Waals surface area contributed by atoms with E-state index in [-0.39, 0.29) is 18.0 Å². The van der Waals surface area contributed by atoms with Crippen LogP contribution in [0.15, 0.2) is 48.5 Å². The quantitative estimate of drug-likeness (QED) is 0.514. The van der Waals surface area contributed by atoms with E-state index in [0.29, 0.717) is 36.7 Å². The van der Waals surface area contributed by atoms with Crippen molar-refractivity contribution in [2.45, 2.75) is 31.8 Å². The Kier molecular flexibility index (Phi) is 5.35. The van der Waals surface area contributed by atoms with Gasteiger partial charge in [-0.1, -0.05) is 0 Å². The number of carbonyl (C=O) groups excluding carboxylic acids is 1. The maximum Gasteiger partial charge on any atom is 0.193 e. The molecule has 6 nitrogen and oxygen atoms in total. The first kappa shape index (κ1) is 18.9. The van der Waals surface area contributed by atoms with Crippen LogP contribution in [0.3, 0.4) is 0 Å². The molecule has 148 valence electrons. The number of hydrogen-bond acceptors (Lipinski definition) is 6. The predicted molar refractivity (Wildman–Crippen MR) is 102 cm³/mol. The zero-order valence-corrected chi connectivity index (χ0v) is 16.1. The molecule has 2 aromatic rings. The lowest BCUT2D eigenvalue weighted by Crippen LogP contribution is -2.25. The number of hydrogen-bond donors (Lipinski definition) is 0. The van der Waals surface area contributed by atoms with Crippen molar-refractivity contribution in [3.05, 3.63) is 59.7 Å². The normalized spacial score (nSPS) is 22.6. The number of carbonyl (C=O) groups is 1. The number of epoxide rings is 1. The lowest BCUT2D eigenvalue weighted by molar-refractivity contribution is -0.141. The van der Waals surface area contributed by atoms with Gasteiger partial charge in [0.2, 0.25) is 0 Å². The molecule has 0 unspecified atom stereocenters. The molecule has 0 spiro atoms. The molecule has 2 aromatic carbocycles. The zero-order chi connectivity index (χ0) is 19.6. The van der Waals surface area contributed by atoms with E-state index in [0.717, 1.165) is 12.4 Å². The highest BCUT2D eigenvalue weighted by atomic mass is 16.7. The summed E-state index contributed by atoms with van der Waals surface area (Å²) in [5.74, 6) is 0.821. The fourth-order valence-corrected chi connectivity index (χ4v) is 2.96. The fraction of sp³-hybridized carbons (Fsp3) is 0.409. The van der Waals surface area contributed by atoms with E-state index in [9.17, 15) is 4.79 Å². The SMILES string of the molecule is CC1(C)OC[C@@H](COc2ccc(C(=O)c3ccc(OC[C@@H]4CO4)cc3)cc2)O1. The van der Waals surface area contributed by atoms with E-state index >= 15 is 0 Å². The van der Waals surface area contributed by atoms with Crippen LogP contribution in [-0.4, -0.2) is 50.2 Å². The molecule has 0 radical (unpaired) electrons. The van der Waals surface area contributed by atoms with Crippen molar-refractivity contribution in [2.75, 3.05) is 26.4 Å². The van der Waals surface area contributed by atoms with Gasteiger partial charge in [-0.05, 0) is 62.4 Å². The third-order valence-electron chi connectivity index (χ3n) is 4.57. The van der Waals surface area contributed by atoms with Crippen LogP contribution in [-0.2, 0) is 14.2 Å². The van der Waals surface area contributed by atoms with Crippen molar-refractivity contribution in [1.29, 1.82) is 0 Å². The second-order valence-electron chi connectivity index (χ2n) is 7.41. The van der Waals surface area contributed by atoms with E-state index in [1.54, 1.807) is 48.5 Å². The van der Waals surface area contributed by atoms with Gasteiger partial charge in [0.1, 0.15) is 36.9 Å². The lowest BCUT2D eigenvalue weighted by Gasteiger charge is -2.17. The van der Waals surface area contributed by atoms with Crippen molar-refractivity contribution < 1.29 is 28.5 Å². The summed E-state index contributed by atoms with van der Waals surface area (Å²) >= 11 is 0. The Morgan fingerprint density at radius 2 is 1.39 bits per heavy atom. The largest absolute Gasteiger partial charge is 0.491 e. The third-order valence-corrected chi connectivity index (χ3v) is 4.57. The van der Waals surface area contributed by atoms with Gasteiger partial charge in [0.25, 0.3) is 0 Å². The van der Waals surface area contributed by atoms with Crippen LogP contribution in [0.2, 0.25) is 0 Å². The molecule has 2 atom stereocenters. The van der Waals surface area contributed by atoms with Gasteiger partial charge in [-0.3, -0.25) is 4.79 Å². The van der Waals surface area contributed by atoms with E-state index in [1.807, 2.05) is 13.8 Å². The molecule has 2 aliphatic rings. The van der Waals surface area contributed by atoms with Crippen LogP contribution in [0.4, 0.5) is 0 Å². The molecule has 0 saturated carbocycles. The van der Waals surface area contributed by atoms with Crippen LogP contribution in [0.25, 0.3) is 0 Å². The molecular formula is C22H24O6. The van der Waals surface area contributed by atoms with Crippen LogP contribution < -0.4 is 9.47 Å².